The second-order valence-electron chi connectivity index (χ2n) is 6.86. The summed E-state index contributed by atoms with van der Waals surface area (Å²) in [7, 11) is 0. The molecular weight excluding hydrogens is 342 g/mol. The second kappa shape index (κ2) is 9.16. The van der Waals surface area contributed by atoms with Crippen molar-refractivity contribution in [3.8, 4) is 11.6 Å². The fraction of sp³-hybridized carbons (Fsp3) is 0.381. The molecule has 1 fully saturated rings. The molecule has 1 aliphatic rings. The molecule has 0 aliphatic carbocycles. The van der Waals surface area contributed by atoms with Gasteiger partial charge in [-0.25, -0.2) is 4.98 Å². The Hall–Kier alpha value is -2.89. The molecule has 2 aromatic rings. The highest BCUT2D eigenvalue weighted by Crippen LogP contribution is 2.22. The molecule has 6 heteroatoms. The van der Waals surface area contributed by atoms with E-state index in [1.807, 2.05) is 23.1 Å². The van der Waals surface area contributed by atoms with Crippen molar-refractivity contribution >= 4 is 11.8 Å². The molecule has 1 atom stereocenters. The highest BCUT2D eigenvalue weighted by atomic mass is 16.5. The first kappa shape index (κ1) is 18.9. The second-order valence-corrected chi connectivity index (χ2v) is 6.86. The number of nitrogens with one attached hydrogen (secondary N) is 1. The number of piperidine rings is 1. The first-order valence-corrected chi connectivity index (χ1v) is 9.37. The molecule has 0 radical (unpaired) electrons. The van der Waals surface area contributed by atoms with Crippen LogP contribution in [0.3, 0.4) is 0 Å². The normalized spacial score (nSPS) is 16.6. The van der Waals surface area contributed by atoms with E-state index in [1.54, 1.807) is 30.5 Å². The minimum Gasteiger partial charge on any atom is -0.438 e. The lowest BCUT2D eigenvalue weighted by atomic mass is 10.00. The average Bonchev–Trinajstić information content (AvgIpc) is 2.69. The van der Waals surface area contributed by atoms with Crippen molar-refractivity contribution in [1.29, 1.82) is 0 Å². The maximum absolute atomic E-state index is 12.5. The number of amides is 2. The fourth-order valence-electron chi connectivity index (χ4n) is 3.20. The molecule has 0 bridgehead atoms. The van der Waals surface area contributed by atoms with Crippen molar-refractivity contribution in [2.75, 3.05) is 19.6 Å². The van der Waals surface area contributed by atoms with Crippen LogP contribution in [0.15, 0.2) is 48.7 Å². The lowest BCUT2D eigenvalue weighted by molar-refractivity contribution is -0.132. The van der Waals surface area contributed by atoms with Crippen LogP contribution in [0.1, 0.15) is 36.5 Å². The molecule has 6 nitrogen and oxygen atoms in total. The average molecular weight is 367 g/mol. The fourth-order valence-corrected chi connectivity index (χ4v) is 3.20. The summed E-state index contributed by atoms with van der Waals surface area (Å²) in [6, 6.07) is 12.5. The SMILES string of the molecule is CC1CCCN(C(=O)CCNC(=O)c2cccnc2Oc2ccccc2)C1. The molecule has 27 heavy (non-hydrogen) atoms. The Morgan fingerprint density at radius 2 is 2.04 bits per heavy atom. The topological polar surface area (TPSA) is 71.5 Å². The molecule has 0 spiro atoms. The van der Waals surface area contributed by atoms with Crippen LogP contribution in [0.2, 0.25) is 0 Å². The first-order valence-electron chi connectivity index (χ1n) is 9.37. The summed E-state index contributed by atoms with van der Waals surface area (Å²) >= 11 is 0. The number of likely N-dealkylation sites (tertiary alicyclic amines) is 1. The summed E-state index contributed by atoms with van der Waals surface area (Å²) in [6.07, 6.45) is 4.10. The number of carbonyl (C=O) groups excluding carboxylic acids is 2. The van der Waals surface area contributed by atoms with Crippen LogP contribution in [0.5, 0.6) is 11.6 Å². The van der Waals surface area contributed by atoms with Gasteiger partial charge in [0.1, 0.15) is 11.3 Å². The molecule has 1 unspecified atom stereocenters. The lowest BCUT2D eigenvalue weighted by Gasteiger charge is -2.31. The Balaban J connectivity index is 1.54. The van der Waals surface area contributed by atoms with E-state index in [2.05, 4.69) is 17.2 Å². The largest absolute Gasteiger partial charge is 0.438 e. The highest BCUT2D eigenvalue weighted by Gasteiger charge is 2.21. The van der Waals surface area contributed by atoms with Crippen molar-refractivity contribution in [3.05, 3.63) is 54.2 Å². The number of hydrogen-bond acceptors (Lipinski definition) is 4. The molecule has 0 saturated carbocycles. The third-order valence-electron chi connectivity index (χ3n) is 4.61. The smallest absolute Gasteiger partial charge is 0.256 e. The summed E-state index contributed by atoms with van der Waals surface area (Å²) in [5.74, 6) is 1.20. The lowest BCUT2D eigenvalue weighted by Crippen LogP contribution is -2.40. The molecule has 1 saturated heterocycles. The number of carbonyl (C=O) groups is 2. The van der Waals surface area contributed by atoms with Gasteiger partial charge in [-0.15, -0.1) is 0 Å². The number of rotatable bonds is 6. The third-order valence-corrected chi connectivity index (χ3v) is 4.61. The minimum absolute atomic E-state index is 0.0915. The van der Waals surface area contributed by atoms with Crippen molar-refractivity contribution < 1.29 is 14.3 Å². The number of para-hydroxylation sites is 1. The van der Waals surface area contributed by atoms with Crippen LogP contribution in [0.25, 0.3) is 0 Å². The molecule has 2 amide bonds. The van der Waals surface area contributed by atoms with E-state index in [9.17, 15) is 9.59 Å². The van der Waals surface area contributed by atoms with Gasteiger partial charge in [0, 0.05) is 32.3 Å². The standard InChI is InChI=1S/C21H25N3O3/c1-16-7-6-14-24(15-16)19(25)11-13-22-20(26)18-10-5-12-23-21(18)27-17-8-3-2-4-9-17/h2-5,8-10,12,16H,6-7,11,13-15H2,1H3,(H,22,26). The predicted octanol–water partition coefficient (Wildman–Crippen LogP) is 3.25. The minimum atomic E-state index is -0.297. The van der Waals surface area contributed by atoms with Gasteiger partial charge in [-0.3, -0.25) is 9.59 Å². The summed E-state index contributed by atoms with van der Waals surface area (Å²) in [6.45, 7) is 4.08. The van der Waals surface area contributed by atoms with Gasteiger partial charge in [0.05, 0.1) is 0 Å². The summed E-state index contributed by atoms with van der Waals surface area (Å²) < 4.78 is 5.72. The molecule has 142 valence electrons. The molecular formula is C21H25N3O3. The Bertz CT molecular complexity index is 779. The molecule has 3 rings (SSSR count). The molecule has 1 aliphatic heterocycles. The van der Waals surface area contributed by atoms with Gasteiger partial charge in [0.2, 0.25) is 11.8 Å². The van der Waals surface area contributed by atoms with Crippen molar-refractivity contribution in [3.63, 3.8) is 0 Å². The van der Waals surface area contributed by atoms with Crippen molar-refractivity contribution in [2.45, 2.75) is 26.2 Å². The zero-order chi connectivity index (χ0) is 19.1. The van der Waals surface area contributed by atoms with Gasteiger partial charge < -0.3 is 15.0 Å². The molecule has 2 heterocycles. The Labute approximate surface area is 159 Å². The van der Waals surface area contributed by atoms with E-state index in [-0.39, 0.29) is 17.7 Å². The monoisotopic (exact) mass is 367 g/mol. The zero-order valence-corrected chi connectivity index (χ0v) is 15.6. The van der Waals surface area contributed by atoms with E-state index < -0.39 is 0 Å². The third kappa shape index (κ3) is 5.29. The number of hydrogen-bond donors (Lipinski definition) is 1. The van der Waals surface area contributed by atoms with E-state index in [0.717, 1.165) is 19.5 Å². The highest BCUT2D eigenvalue weighted by molar-refractivity contribution is 5.96. The van der Waals surface area contributed by atoms with E-state index in [4.69, 9.17) is 4.74 Å². The molecule has 1 aromatic heterocycles. The Morgan fingerprint density at radius 3 is 2.81 bits per heavy atom. The van der Waals surface area contributed by atoms with E-state index >= 15 is 0 Å². The van der Waals surface area contributed by atoms with Gasteiger partial charge in [0.25, 0.3) is 5.91 Å². The van der Waals surface area contributed by atoms with Gasteiger partial charge in [-0.1, -0.05) is 25.1 Å². The predicted molar refractivity (Wildman–Crippen MR) is 103 cm³/mol. The van der Waals surface area contributed by atoms with Gasteiger partial charge in [-0.05, 0) is 43.0 Å². The molecule has 1 N–H and O–H groups in total. The van der Waals surface area contributed by atoms with Crippen LogP contribution in [-0.2, 0) is 4.79 Å². The van der Waals surface area contributed by atoms with Crippen LogP contribution in [0, 0.1) is 5.92 Å². The van der Waals surface area contributed by atoms with Crippen LogP contribution < -0.4 is 10.1 Å². The van der Waals surface area contributed by atoms with Crippen molar-refractivity contribution in [1.82, 2.24) is 15.2 Å². The van der Waals surface area contributed by atoms with Crippen molar-refractivity contribution in [2.24, 2.45) is 5.92 Å². The number of benzene rings is 1. The van der Waals surface area contributed by atoms with E-state index in [0.29, 0.717) is 30.2 Å². The first-order chi connectivity index (χ1) is 13.1. The number of aromatic nitrogens is 1. The zero-order valence-electron chi connectivity index (χ0n) is 15.6. The van der Waals surface area contributed by atoms with Gasteiger partial charge in [-0.2, -0.15) is 0 Å². The maximum Gasteiger partial charge on any atom is 0.256 e. The van der Waals surface area contributed by atoms with Gasteiger partial charge in [0.15, 0.2) is 0 Å². The van der Waals surface area contributed by atoms with Crippen LogP contribution in [-0.4, -0.2) is 41.3 Å². The Kier molecular flexibility index (Phi) is 6.41. The van der Waals surface area contributed by atoms with Gasteiger partial charge >= 0.3 is 0 Å². The summed E-state index contributed by atoms with van der Waals surface area (Å²) in [5, 5.41) is 2.80. The Morgan fingerprint density at radius 1 is 1.22 bits per heavy atom. The quantitative estimate of drug-likeness (QED) is 0.851. The number of nitrogens with zero attached hydrogens (tertiary/aromatic N) is 2. The molecule has 1 aromatic carbocycles. The number of ether oxygens (including phenoxy) is 1. The van der Waals surface area contributed by atoms with Crippen LogP contribution >= 0.6 is 0 Å². The van der Waals surface area contributed by atoms with E-state index in [1.165, 1.54) is 6.42 Å². The maximum atomic E-state index is 12.5. The summed E-state index contributed by atoms with van der Waals surface area (Å²) in [4.78, 5) is 30.9. The summed E-state index contributed by atoms with van der Waals surface area (Å²) in [5.41, 5.74) is 0.348. The van der Waals surface area contributed by atoms with Crippen LogP contribution in [0.4, 0.5) is 0 Å². The number of pyridine rings is 1.